The van der Waals surface area contributed by atoms with Gasteiger partial charge in [0.1, 0.15) is 5.75 Å². The van der Waals surface area contributed by atoms with Gasteiger partial charge in [0.05, 0.1) is 12.7 Å². The van der Waals surface area contributed by atoms with E-state index in [0.29, 0.717) is 5.92 Å². The van der Waals surface area contributed by atoms with Crippen LogP contribution in [0.5, 0.6) is 5.75 Å². The Balaban J connectivity index is 1.76. The van der Waals surface area contributed by atoms with Crippen LogP contribution in [-0.2, 0) is 6.42 Å². The van der Waals surface area contributed by atoms with Gasteiger partial charge in [-0.1, -0.05) is 24.3 Å². The van der Waals surface area contributed by atoms with E-state index in [0.717, 1.165) is 62.4 Å². The number of carbonyl (C=O) groups excluding carboxylic acids is 1. The largest absolute Gasteiger partial charge is 0.497 e. The van der Waals surface area contributed by atoms with Gasteiger partial charge in [0.25, 0.3) is 5.91 Å². The van der Waals surface area contributed by atoms with Gasteiger partial charge in [-0.25, -0.2) is 0 Å². The van der Waals surface area contributed by atoms with Crippen molar-refractivity contribution >= 4 is 11.6 Å². The molecule has 5 heteroatoms. The Morgan fingerprint density at radius 1 is 1.07 bits per heavy atom. The van der Waals surface area contributed by atoms with Gasteiger partial charge in [0.2, 0.25) is 0 Å². The number of hydrogen-bond donors (Lipinski definition) is 0. The molecule has 5 nitrogen and oxygen atoms in total. The Labute approximate surface area is 181 Å². The third-order valence-corrected chi connectivity index (χ3v) is 6.05. The van der Waals surface area contributed by atoms with E-state index in [1.54, 1.807) is 7.11 Å². The van der Waals surface area contributed by atoms with Crippen LogP contribution in [0.1, 0.15) is 28.8 Å². The Morgan fingerprint density at radius 2 is 1.73 bits per heavy atom. The van der Waals surface area contributed by atoms with Gasteiger partial charge < -0.3 is 19.4 Å². The molecule has 1 heterocycles. The molecule has 0 bridgehead atoms. The summed E-state index contributed by atoms with van der Waals surface area (Å²) < 4.78 is 5.26. The van der Waals surface area contributed by atoms with E-state index in [-0.39, 0.29) is 5.91 Å². The molecule has 0 radical (unpaired) electrons. The van der Waals surface area contributed by atoms with Gasteiger partial charge >= 0.3 is 0 Å². The summed E-state index contributed by atoms with van der Waals surface area (Å²) in [5.41, 5.74) is 2.98. The van der Waals surface area contributed by atoms with Crippen LogP contribution in [0.15, 0.2) is 48.5 Å². The maximum absolute atomic E-state index is 13.6. The van der Waals surface area contributed by atoms with Crippen molar-refractivity contribution in [2.24, 2.45) is 5.92 Å². The molecule has 162 valence electrons. The van der Waals surface area contributed by atoms with Gasteiger partial charge in [0.15, 0.2) is 0 Å². The number of carbonyl (C=O) groups is 1. The van der Waals surface area contributed by atoms with Crippen LogP contribution in [0.4, 0.5) is 5.69 Å². The number of ether oxygens (including phenoxy) is 1. The van der Waals surface area contributed by atoms with Crippen molar-refractivity contribution in [1.29, 1.82) is 0 Å². The first-order valence-electron chi connectivity index (χ1n) is 10.8. The number of hydrogen-bond acceptors (Lipinski definition) is 4. The number of para-hydroxylation sites is 1. The van der Waals surface area contributed by atoms with E-state index in [2.05, 4.69) is 29.0 Å². The summed E-state index contributed by atoms with van der Waals surface area (Å²) in [6.07, 6.45) is 3.14. The standard InChI is InChI=1S/C25H35N3O2/c1-26(2)24-8-6-5-7-23(24)25(29)28(19-21-13-16-27(3)17-14-21)18-15-20-9-11-22(30-4)12-10-20/h5-12,21H,13-19H2,1-4H3. The Bertz CT molecular complexity index is 811. The molecule has 0 unspecified atom stereocenters. The molecular weight excluding hydrogens is 374 g/mol. The smallest absolute Gasteiger partial charge is 0.255 e. The fraction of sp³-hybridized carbons (Fsp3) is 0.480. The molecule has 0 N–H and O–H groups in total. The Kier molecular flexibility index (Phi) is 7.75. The average molecular weight is 410 g/mol. The fourth-order valence-electron chi connectivity index (χ4n) is 4.10. The Morgan fingerprint density at radius 3 is 2.37 bits per heavy atom. The number of rotatable bonds is 8. The summed E-state index contributed by atoms with van der Waals surface area (Å²) in [6, 6.07) is 16.1. The van der Waals surface area contributed by atoms with Crippen LogP contribution in [-0.4, -0.2) is 70.1 Å². The van der Waals surface area contributed by atoms with Crippen molar-refractivity contribution in [2.75, 3.05) is 59.3 Å². The van der Waals surface area contributed by atoms with Gasteiger partial charge in [-0.3, -0.25) is 4.79 Å². The minimum absolute atomic E-state index is 0.131. The van der Waals surface area contributed by atoms with Crippen molar-refractivity contribution in [3.05, 3.63) is 59.7 Å². The molecule has 0 saturated carbocycles. The van der Waals surface area contributed by atoms with Crippen LogP contribution >= 0.6 is 0 Å². The van der Waals surface area contributed by atoms with Crippen LogP contribution < -0.4 is 9.64 Å². The Hall–Kier alpha value is -2.53. The van der Waals surface area contributed by atoms with Crippen LogP contribution in [0, 0.1) is 5.92 Å². The second-order valence-corrected chi connectivity index (χ2v) is 8.51. The number of methoxy groups -OCH3 is 1. The van der Waals surface area contributed by atoms with Gasteiger partial charge in [0, 0.05) is 32.9 Å². The summed E-state index contributed by atoms with van der Waals surface area (Å²) in [7, 11) is 7.84. The lowest BCUT2D eigenvalue weighted by atomic mass is 9.96. The molecule has 0 spiro atoms. The lowest BCUT2D eigenvalue weighted by Crippen LogP contribution is -2.41. The third kappa shape index (κ3) is 5.76. The number of piperidine rings is 1. The highest BCUT2D eigenvalue weighted by Gasteiger charge is 2.25. The zero-order valence-electron chi connectivity index (χ0n) is 18.8. The highest BCUT2D eigenvalue weighted by molar-refractivity contribution is 5.99. The number of benzene rings is 2. The van der Waals surface area contributed by atoms with E-state index in [4.69, 9.17) is 4.74 Å². The monoisotopic (exact) mass is 409 g/mol. The number of amides is 1. The van der Waals surface area contributed by atoms with E-state index >= 15 is 0 Å². The molecule has 1 amide bonds. The number of likely N-dealkylation sites (tertiary alicyclic amines) is 1. The molecule has 1 fully saturated rings. The predicted molar refractivity (Wildman–Crippen MR) is 124 cm³/mol. The second-order valence-electron chi connectivity index (χ2n) is 8.51. The first kappa shape index (κ1) is 22.2. The van der Waals surface area contributed by atoms with E-state index in [9.17, 15) is 4.79 Å². The molecule has 0 atom stereocenters. The van der Waals surface area contributed by atoms with Crippen LogP contribution in [0.2, 0.25) is 0 Å². The molecule has 2 aromatic carbocycles. The quantitative estimate of drug-likeness (QED) is 0.665. The highest BCUT2D eigenvalue weighted by Crippen LogP contribution is 2.23. The van der Waals surface area contributed by atoms with Gasteiger partial charge in [-0.2, -0.15) is 0 Å². The van der Waals surface area contributed by atoms with Crippen molar-refractivity contribution in [2.45, 2.75) is 19.3 Å². The summed E-state index contributed by atoms with van der Waals surface area (Å²) in [5.74, 6) is 1.55. The fourth-order valence-corrected chi connectivity index (χ4v) is 4.10. The minimum atomic E-state index is 0.131. The lowest BCUT2D eigenvalue weighted by molar-refractivity contribution is 0.0701. The average Bonchev–Trinajstić information content (AvgIpc) is 2.77. The maximum atomic E-state index is 13.6. The topological polar surface area (TPSA) is 36.0 Å². The van der Waals surface area contributed by atoms with E-state index < -0.39 is 0 Å². The molecule has 3 rings (SSSR count). The molecule has 1 aliphatic heterocycles. The zero-order chi connectivity index (χ0) is 21.5. The molecule has 0 aliphatic carbocycles. The molecular formula is C25H35N3O2. The third-order valence-electron chi connectivity index (χ3n) is 6.05. The van der Waals surface area contributed by atoms with Crippen LogP contribution in [0.3, 0.4) is 0 Å². The van der Waals surface area contributed by atoms with E-state index in [1.807, 2.05) is 55.4 Å². The first-order chi connectivity index (χ1) is 14.5. The van der Waals surface area contributed by atoms with E-state index in [1.165, 1.54) is 5.56 Å². The summed E-state index contributed by atoms with van der Waals surface area (Å²) in [6.45, 7) is 3.77. The van der Waals surface area contributed by atoms with Gasteiger partial charge in [-0.15, -0.1) is 0 Å². The summed E-state index contributed by atoms with van der Waals surface area (Å²) in [4.78, 5) is 20.1. The normalized spacial score (nSPS) is 15.1. The maximum Gasteiger partial charge on any atom is 0.255 e. The summed E-state index contributed by atoms with van der Waals surface area (Å²) in [5, 5.41) is 0. The van der Waals surface area contributed by atoms with Crippen LogP contribution in [0.25, 0.3) is 0 Å². The van der Waals surface area contributed by atoms with Gasteiger partial charge in [-0.05, 0) is 75.1 Å². The van der Waals surface area contributed by atoms with Crippen molar-refractivity contribution in [1.82, 2.24) is 9.80 Å². The predicted octanol–water partition coefficient (Wildman–Crippen LogP) is 3.79. The SMILES string of the molecule is COc1ccc(CCN(CC2CCN(C)CC2)C(=O)c2ccccc2N(C)C)cc1. The number of anilines is 1. The number of nitrogens with zero attached hydrogens (tertiary/aromatic N) is 3. The second kappa shape index (κ2) is 10.5. The lowest BCUT2D eigenvalue weighted by Gasteiger charge is -2.34. The highest BCUT2D eigenvalue weighted by atomic mass is 16.5. The molecule has 1 aliphatic rings. The molecule has 2 aromatic rings. The zero-order valence-corrected chi connectivity index (χ0v) is 18.8. The summed E-state index contributed by atoms with van der Waals surface area (Å²) >= 11 is 0. The van der Waals surface area contributed by atoms with Crippen molar-refractivity contribution in [3.8, 4) is 5.75 Å². The van der Waals surface area contributed by atoms with Crippen molar-refractivity contribution < 1.29 is 9.53 Å². The first-order valence-corrected chi connectivity index (χ1v) is 10.8. The molecule has 1 saturated heterocycles. The molecule has 30 heavy (non-hydrogen) atoms. The molecule has 0 aromatic heterocycles. The minimum Gasteiger partial charge on any atom is -0.497 e. The van der Waals surface area contributed by atoms with Crippen molar-refractivity contribution in [3.63, 3.8) is 0 Å².